The Hall–Kier alpha value is -1.28. The van der Waals surface area contributed by atoms with Gasteiger partial charge in [-0.2, -0.15) is 0 Å². The summed E-state index contributed by atoms with van der Waals surface area (Å²) in [5.74, 6) is 0.229. The number of aryl methyl sites for hydroxylation is 1. The van der Waals surface area contributed by atoms with E-state index in [2.05, 4.69) is 28.9 Å². The molecule has 2 N–H and O–H groups in total. The molecule has 2 aromatic rings. The molecule has 24 heavy (non-hydrogen) atoms. The first-order valence-electron chi connectivity index (χ1n) is 8.14. The molecule has 0 radical (unpaired) electrons. The Kier molecular flexibility index (Phi) is 3.99. The molecule has 0 saturated carbocycles. The van der Waals surface area contributed by atoms with Crippen molar-refractivity contribution < 1.29 is 8.42 Å². The zero-order chi connectivity index (χ0) is 16.9. The smallest absolute Gasteiger partial charge is 0.156 e. The van der Waals surface area contributed by atoms with Crippen molar-refractivity contribution >= 4 is 21.2 Å². The standard InChI is InChI=1S/C17H21N3O2S2/c1-11-4-2-3-5-13(11)17-19-6-12(23-17)7-20-8-14-15(18)10-24(21,22)16(14)9-20/h2-6,14-16H,7-10,18H2,1H3/t14-,15+,16-/m0/s1. The molecular formula is C17H21N3O2S2. The molecule has 2 aliphatic heterocycles. The molecule has 0 amide bonds. The summed E-state index contributed by atoms with van der Waals surface area (Å²) in [4.78, 5) is 7.93. The van der Waals surface area contributed by atoms with E-state index in [9.17, 15) is 8.42 Å². The lowest BCUT2D eigenvalue weighted by Crippen LogP contribution is -2.32. The molecule has 0 bridgehead atoms. The van der Waals surface area contributed by atoms with Gasteiger partial charge in [0.15, 0.2) is 9.84 Å². The van der Waals surface area contributed by atoms with Crippen molar-refractivity contribution in [1.29, 1.82) is 0 Å². The number of benzene rings is 1. The van der Waals surface area contributed by atoms with Crippen LogP contribution in [-0.2, 0) is 16.4 Å². The fraction of sp³-hybridized carbons (Fsp3) is 0.471. The minimum Gasteiger partial charge on any atom is -0.326 e. The first kappa shape index (κ1) is 16.2. The molecule has 1 aromatic heterocycles. The molecule has 3 heterocycles. The number of fused-ring (bicyclic) bond motifs is 1. The number of sulfone groups is 1. The maximum atomic E-state index is 12.2. The molecule has 1 aromatic carbocycles. The molecule has 0 unspecified atom stereocenters. The number of thiazole rings is 1. The third-order valence-electron chi connectivity index (χ3n) is 5.13. The van der Waals surface area contributed by atoms with E-state index in [0.717, 1.165) is 23.7 Å². The minimum absolute atomic E-state index is 0.0822. The van der Waals surface area contributed by atoms with Crippen molar-refractivity contribution in [3.05, 3.63) is 40.9 Å². The quantitative estimate of drug-likeness (QED) is 0.898. The maximum absolute atomic E-state index is 12.2. The molecule has 4 rings (SSSR count). The molecule has 7 heteroatoms. The van der Waals surface area contributed by atoms with E-state index < -0.39 is 9.84 Å². The second-order valence-corrected chi connectivity index (χ2v) is 10.2. The van der Waals surface area contributed by atoms with Crippen LogP contribution in [0.15, 0.2) is 30.5 Å². The Morgan fingerprint density at radius 1 is 1.33 bits per heavy atom. The van der Waals surface area contributed by atoms with Gasteiger partial charge in [0.05, 0.1) is 11.0 Å². The predicted octanol–water partition coefficient (Wildman–Crippen LogP) is 1.67. The zero-order valence-electron chi connectivity index (χ0n) is 13.6. The van der Waals surface area contributed by atoms with Gasteiger partial charge in [-0.25, -0.2) is 13.4 Å². The van der Waals surface area contributed by atoms with Crippen LogP contribution in [-0.4, -0.2) is 48.4 Å². The Morgan fingerprint density at radius 2 is 2.12 bits per heavy atom. The summed E-state index contributed by atoms with van der Waals surface area (Å²) in [7, 11) is -3.02. The Labute approximate surface area is 146 Å². The molecule has 0 aliphatic carbocycles. The number of nitrogens with zero attached hydrogens (tertiary/aromatic N) is 2. The maximum Gasteiger partial charge on any atom is 0.156 e. The van der Waals surface area contributed by atoms with Crippen LogP contribution >= 0.6 is 11.3 Å². The van der Waals surface area contributed by atoms with E-state index in [4.69, 9.17) is 5.73 Å². The average Bonchev–Trinajstić information content (AvgIpc) is 3.19. The summed E-state index contributed by atoms with van der Waals surface area (Å²) in [5, 5.41) is 0.739. The van der Waals surface area contributed by atoms with Crippen LogP contribution in [0.25, 0.3) is 10.6 Å². The van der Waals surface area contributed by atoms with Crippen LogP contribution in [0, 0.1) is 12.8 Å². The van der Waals surface area contributed by atoms with E-state index in [1.54, 1.807) is 11.3 Å². The normalized spacial score (nSPS) is 29.0. The second-order valence-electron chi connectivity index (χ2n) is 6.84. The lowest BCUT2D eigenvalue weighted by Gasteiger charge is -2.16. The Balaban J connectivity index is 1.49. The highest BCUT2D eigenvalue weighted by Gasteiger charge is 2.50. The van der Waals surface area contributed by atoms with Crippen molar-refractivity contribution in [1.82, 2.24) is 9.88 Å². The SMILES string of the molecule is Cc1ccccc1-c1ncc(CN2C[C@H]3[C@H](N)CS(=O)(=O)[C@H]3C2)s1. The van der Waals surface area contributed by atoms with Gasteiger partial charge in [-0.05, 0) is 12.5 Å². The van der Waals surface area contributed by atoms with E-state index >= 15 is 0 Å². The fourth-order valence-electron chi connectivity index (χ4n) is 3.85. The Bertz CT molecular complexity index is 862. The lowest BCUT2D eigenvalue weighted by atomic mass is 10.0. The topological polar surface area (TPSA) is 76.3 Å². The van der Waals surface area contributed by atoms with Crippen molar-refractivity contribution in [2.45, 2.75) is 24.8 Å². The van der Waals surface area contributed by atoms with Crippen LogP contribution in [0.5, 0.6) is 0 Å². The zero-order valence-corrected chi connectivity index (χ0v) is 15.2. The molecule has 2 fully saturated rings. The third kappa shape index (κ3) is 2.79. The number of nitrogens with two attached hydrogens (primary N) is 1. The van der Waals surface area contributed by atoms with Gasteiger partial charge in [0.25, 0.3) is 0 Å². The van der Waals surface area contributed by atoms with Crippen molar-refractivity contribution in [3.63, 3.8) is 0 Å². The molecule has 128 valence electrons. The lowest BCUT2D eigenvalue weighted by molar-refractivity contribution is 0.310. The highest BCUT2D eigenvalue weighted by molar-refractivity contribution is 7.92. The highest BCUT2D eigenvalue weighted by atomic mass is 32.2. The third-order valence-corrected chi connectivity index (χ3v) is 8.42. The van der Waals surface area contributed by atoms with Crippen LogP contribution in [0.3, 0.4) is 0 Å². The molecule has 5 nitrogen and oxygen atoms in total. The number of rotatable bonds is 3. The van der Waals surface area contributed by atoms with Gasteiger partial charge in [0.2, 0.25) is 0 Å². The molecule has 3 atom stereocenters. The largest absolute Gasteiger partial charge is 0.326 e. The van der Waals surface area contributed by atoms with Gasteiger partial charge in [-0.15, -0.1) is 11.3 Å². The first-order valence-corrected chi connectivity index (χ1v) is 10.7. The molecule has 0 spiro atoms. The van der Waals surface area contributed by atoms with E-state index in [1.807, 2.05) is 18.3 Å². The molecule has 2 aliphatic rings. The molecule has 2 saturated heterocycles. The van der Waals surface area contributed by atoms with Gasteiger partial charge in [-0.1, -0.05) is 24.3 Å². The van der Waals surface area contributed by atoms with Crippen molar-refractivity contribution in [2.24, 2.45) is 11.7 Å². The summed E-state index contributed by atoms with van der Waals surface area (Å²) >= 11 is 1.68. The minimum atomic E-state index is -3.02. The number of likely N-dealkylation sites (tertiary alicyclic amines) is 1. The van der Waals surface area contributed by atoms with E-state index in [-0.39, 0.29) is 23.0 Å². The van der Waals surface area contributed by atoms with Gasteiger partial charge in [0, 0.05) is 48.2 Å². The van der Waals surface area contributed by atoms with Crippen molar-refractivity contribution in [3.8, 4) is 10.6 Å². The molecular weight excluding hydrogens is 342 g/mol. The van der Waals surface area contributed by atoms with Crippen molar-refractivity contribution in [2.75, 3.05) is 18.8 Å². The highest BCUT2D eigenvalue weighted by Crippen LogP contribution is 2.35. The summed E-state index contributed by atoms with van der Waals surface area (Å²) in [6, 6.07) is 8.01. The summed E-state index contributed by atoms with van der Waals surface area (Å²) < 4.78 is 24.3. The fourth-order valence-corrected chi connectivity index (χ4v) is 7.19. The first-order chi connectivity index (χ1) is 11.4. The number of hydrogen-bond acceptors (Lipinski definition) is 6. The summed E-state index contributed by atoms with van der Waals surface area (Å²) in [5.41, 5.74) is 8.41. The van der Waals surface area contributed by atoms with E-state index in [0.29, 0.717) is 6.54 Å². The van der Waals surface area contributed by atoms with E-state index in [1.165, 1.54) is 10.4 Å². The monoisotopic (exact) mass is 363 g/mol. The Morgan fingerprint density at radius 3 is 2.88 bits per heavy atom. The van der Waals surface area contributed by atoms with Gasteiger partial charge in [0.1, 0.15) is 5.01 Å². The van der Waals surface area contributed by atoms with Crippen LogP contribution in [0.2, 0.25) is 0 Å². The van der Waals surface area contributed by atoms with Gasteiger partial charge >= 0.3 is 0 Å². The summed E-state index contributed by atoms with van der Waals surface area (Å²) in [6.45, 7) is 4.20. The van der Waals surface area contributed by atoms with Crippen LogP contribution < -0.4 is 5.73 Å². The average molecular weight is 364 g/mol. The van der Waals surface area contributed by atoms with Crippen LogP contribution in [0.4, 0.5) is 0 Å². The van der Waals surface area contributed by atoms with Gasteiger partial charge < -0.3 is 5.73 Å². The number of aromatic nitrogens is 1. The number of hydrogen-bond donors (Lipinski definition) is 1. The predicted molar refractivity (Wildman–Crippen MR) is 96.6 cm³/mol. The summed E-state index contributed by atoms with van der Waals surface area (Å²) in [6.07, 6.45) is 1.91. The second kappa shape index (κ2) is 5.91. The van der Waals surface area contributed by atoms with Crippen LogP contribution in [0.1, 0.15) is 10.4 Å². The van der Waals surface area contributed by atoms with Gasteiger partial charge in [-0.3, -0.25) is 4.90 Å².